The molecule has 8 aromatic rings. The molecule has 0 aliphatic rings. The quantitative estimate of drug-likeness (QED) is 0.235. The Balaban J connectivity index is 1.53. The molecule has 0 fully saturated rings. The predicted molar refractivity (Wildman–Crippen MR) is 162 cm³/mol. The van der Waals surface area contributed by atoms with E-state index in [9.17, 15) is 0 Å². The second kappa shape index (κ2) is 8.41. The van der Waals surface area contributed by atoms with Crippen LogP contribution in [0.15, 0.2) is 133 Å². The van der Waals surface area contributed by atoms with E-state index in [2.05, 4.69) is 138 Å². The van der Waals surface area contributed by atoms with E-state index in [1.807, 2.05) is 11.3 Å². The number of nitrogens with zero attached hydrogens (tertiary/aromatic N) is 2. The SMILES string of the molecule is c1ccc(-c2ccc3c(n2)c2c4sc5ccccc5c4ccc2n3-c2ccccc2-c2ccccc2)cc1. The molecule has 178 valence electrons. The van der Waals surface area contributed by atoms with Gasteiger partial charge in [0.15, 0.2) is 0 Å². The molecule has 0 bridgehead atoms. The molecule has 3 heteroatoms. The van der Waals surface area contributed by atoms with E-state index in [0.29, 0.717) is 0 Å². The van der Waals surface area contributed by atoms with Crippen molar-refractivity contribution in [2.45, 2.75) is 0 Å². The number of thiophene rings is 1. The van der Waals surface area contributed by atoms with Gasteiger partial charge in [-0.05, 0) is 35.9 Å². The minimum Gasteiger partial charge on any atom is -0.307 e. The largest absolute Gasteiger partial charge is 0.307 e. The van der Waals surface area contributed by atoms with Crippen LogP contribution in [0.5, 0.6) is 0 Å². The third-order valence-corrected chi connectivity index (χ3v) is 8.62. The lowest BCUT2D eigenvalue weighted by molar-refractivity contribution is 1.18. The van der Waals surface area contributed by atoms with Crippen molar-refractivity contribution in [1.82, 2.24) is 9.55 Å². The molecule has 0 spiro atoms. The van der Waals surface area contributed by atoms with Crippen LogP contribution in [-0.2, 0) is 0 Å². The average Bonchev–Trinajstić information content (AvgIpc) is 3.53. The van der Waals surface area contributed by atoms with Gasteiger partial charge >= 0.3 is 0 Å². The van der Waals surface area contributed by atoms with E-state index in [1.165, 1.54) is 42.2 Å². The summed E-state index contributed by atoms with van der Waals surface area (Å²) in [5.41, 5.74) is 9.03. The first-order chi connectivity index (χ1) is 18.9. The van der Waals surface area contributed by atoms with Crippen molar-refractivity contribution < 1.29 is 0 Å². The van der Waals surface area contributed by atoms with E-state index in [4.69, 9.17) is 4.98 Å². The summed E-state index contributed by atoms with van der Waals surface area (Å²) in [6, 6.07) is 47.5. The van der Waals surface area contributed by atoms with Gasteiger partial charge in [-0.25, -0.2) is 4.98 Å². The first-order valence-corrected chi connectivity index (χ1v) is 13.6. The molecule has 5 aromatic carbocycles. The van der Waals surface area contributed by atoms with Crippen LogP contribution in [0.4, 0.5) is 0 Å². The second-order valence-corrected chi connectivity index (χ2v) is 10.6. The fourth-order valence-corrected chi connectivity index (χ4v) is 6.95. The van der Waals surface area contributed by atoms with Gasteiger partial charge in [0.25, 0.3) is 0 Å². The molecule has 38 heavy (non-hydrogen) atoms. The van der Waals surface area contributed by atoms with Gasteiger partial charge < -0.3 is 4.57 Å². The van der Waals surface area contributed by atoms with Crippen LogP contribution >= 0.6 is 11.3 Å². The maximum absolute atomic E-state index is 5.33. The van der Waals surface area contributed by atoms with Gasteiger partial charge in [0.1, 0.15) is 0 Å². The van der Waals surface area contributed by atoms with E-state index in [-0.39, 0.29) is 0 Å². The molecular formula is C35H22N2S. The number of pyridine rings is 1. The molecule has 0 saturated carbocycles. The van der Waals surface area contributed by atoms with Crippen LogP contribution in [0.2, 0.25) is 0 Å². The number of rotatable bonds is 3. The highest BCUT2D eigenvalue weighted by Gasteiger charge is 2.20. The number of para-hydroxylation sites is 1. The van der Waals surface area contributed by atoms with E-state index < -0.39 is 0 Å². The van der Waals surface area contributed by atoms with Gasteiger partial charge in [-0.15, -0.1) is 11.3 Å². The van der Waals surface area contributed by atoms with Crippen LogP contribution in [-0.4, -0.2) is 9.55 Å². The van der Waals surface area contributed by atoms with Gasteiger partial charge in [-0.1, -0.05) is 103 Å². The molecule has 2 nitrogen and oxygen atoms in total. The summed E-state index contributed by atoms with van der Waals surface area (Å²) < 4.78 is 5.00. The molecule has 0 saturated heterocycles. The Labute approximate surface area is 224 Å². The number of fused-ring (bicyclic) bond motifs is 7. The Hall–Kier alpha value is -4.73. The van der Waals surface area contributed by atoms with Crippen molar-refractivity contribution in [3.63, 3.8) is 0 Å². The molecule has 0 aliphatic heterocycles. The molecule has 3 aromatic heterocycles. The zero-order chi connectivity index (χ0) is 25.1. The van der Waals surface area contributed by atoms with Crippen molar-refractivity contribution in [1.29, 1.82) is 0 Å². The number of benzene rings is 5. The van der Waals surface area contributed by atoms with E-state index in [0.717, 1.165) is 28.0 Å². The lowest BCUT2D eigenvalue weighted by Gasteiger charge is -2.14. The molecule has 0 aliphatic carbocycles. The van der Waals surface area contributed by atoms with Crippen LogP contribution in [0.1, 0.15) is 0 Å². The Morgan fingerprint density at radius 2 is 1.21 bits per heavy atom. The first-order valence-electron chi connectivity index (χ1n) is 12.8. The molecule has 0 atom stereocenters. The highest BCUT2D eigenvalue weighted by molar-refractivity contribution is 7.26. The van der Waals surface area contributed by atoms with Gasteiger partial charge in [-0.3, -0.25) is 0 Å². The smallest absolute Gasteiger partial charge is 0.0985 e. The van der Waals surface area contributed by atoms with Gasteiger partial charge in [0.05, 0.1) is 27.9 Å². The zero-order valence-electron chi connectivity index (χ0n) is 20.5. The Kier molecular flexibility index (Phi) is 4.73. The first kappa shape index (κ1) is 21.4. The third kappa shape index (κ3) is 3.16. The van der Waals surface area contributed by atoms with Crippen molar-refractivity contribution in [2.24, 2.45) is 0 Å². The second-order valence-electron chi connectivity index (χ2n) is 9.58. The monoisotopic (exact) mass is 502 g/mol. The average molecular weight is 503 g/mol. The Bertz CT molecular complexity index is 2120. The molecular weight excluding hydrogens is 480 g/mol. The van der Waals surface area contributed by atoms with Crippen LogP contribution in [0.3, 0.4) is 0 Å². The highest BCUT2D eigenvalue weighted by atomic mass is 32.1. The third-order valence-electron chi connectivity index (χ3n) is 7.42. The number of aromatic nitrogens is 2. The van der Waals surface area contributed by atoms with Gasteiger partial charge in [-0.2, -0.15) is 0 Å². The Morgan fingerprint density at radius 3 is 2.05 bits per heavy atom. The Morgan fingerprint density at radius 1 is 0.526 bits per heavy atom. The van der Waals surface area contributed by atoms with Gasteiger partial charge in [0.2, 0.25) is 0 Å². The lowest BCUT2D eigenvalue weighted by Crippen LogP contribution is -1.97. The zero-order valence-corrected chi connectivity index (χ0v) is 21.3. The van der Waals surface area contributed by atoms with Crippen LogP contribution in [0, 0.1) is 0 Å². The van der Waals surface area contributed by atoms with E-state index >= 15 is 0 Å². The topological polar surface area (TPSA) is 17.8 Å². The maximum atomic E-state index is 5.33. The summed E-state index contributed by atoms with van der Waals surface area (Å²) in [6.07, 6.45) is 0. The standard InChI is InChI=1S/C35H22N2S/c1-3-11-23(12-4-1)25-15-7-9-17-29(25)37-30-21-19-27-26-16-8-10-18-32(26)38-35(27)33(30)34-31(37)22-20-28(36-34)24-13-5-2-6-14-24/h1-22H. The van der Waals surface area contributed by atoms with Crippen LogP contribution in [0.25, 0.3) is 70.2 Å². The number of hydrogen-bond donors (Lipinski definition) is 0. The normalized spacial score (nSPS) is 11.7. The summed E-state index contributed by atoms with van der Waals surface area (Å²) >= 11 is 1.86. The summed E-state index contributed by atoms with van der Waals surface area (Å²) in [7, 11) is 0. The maximum Gasteiger partial charge on any atom is 0.0985 e. The summed E-state index contributed by atoms with van der Waals surface area (Å²) in [6.45, 7) is 0. The minimum atomic E-state index is 0.992. The lowest BCUT2D eigenvalue weighted by atomic mass is 10.0. The molecule has 0 N–H and O–H groups in total. The summed E-state index contributed by atoms with van der Waals surface area (Å²) in [5.74, 6) is 0. The molecule has 0 unspecified atom stereocenters. The fourth-order valence-electron chi connectivity index (χ4n) is 5.70. The van der Waals surface area contributed by atoms with Crippen LogP contribution < -0.4 is 0 Å². The number of hydrogen-bond acceptors (Lipinski definition) is 2. The molecule has 8 rings (SSSR count). The van der Waals surface area contributed by atoms with Crippen molar-refractivity contribution in [2.75, 3.05) is 0 Å². The van der Waals surface area contributed by atoms with Gasteiger partial charge in [0, 0.05) is 36.7 Å². The van der Waals surface area contributed by atoms with E-state index in [1.54, 1.807) is 0 Å². The molecule has 0 amide bonds. The van der Waals surface area contributed by atoms with Crippen molar-refractivity contribution in [3.8, 4) is 28.1 Å². The van der Waals surface area contributed by atoms with Crippen molar-refractivity contribution in [3.05, 3.63) is 133 Å². The summed E-state index contributed by atoms with van der Waals surface area (Å²) in [5, 5.41) is 3.82. The highest BCUT2D eigenvalue weighted by Crippen LogP contribution is 2.44. The molecule has 0 radical (unpaired) electrons. The fraction of sp³-hybridized carbons (Fsp3) is 0. The summed E-state index contributed by atoms with van der Waals surface area (Å²) in [4.78, 5) is 5.33. The molecule has 3 heterocycles. The minimum absolute atomic E-state index is 0.992. The van der Waals surface area contributed by atoms with Crippen molar-refractivity contribution >= 4 is 53.4 Å². The predicted octanol–water partition coefficient (Wildman–Crippen LogP) is 9.88.